The summed E-state index contributed by atoms with van der Waals surface area (Å²) >= 11 is 0.694. The number of nitrogens with two attached hydrogens (primary N) is 2. The van der Waals surface area contributed by atoms with Gasteiger partial charge in [0.2, 0.25) is 5.91 Å². The molecule has 9 nitrogen and oxygen atoms in total. The molecule has 1 aromatic heterocycles. The maximum Gasteiger partial charge on any atom is 0.273 e. The average molecular weight is 526 g/mol. The molecule has 11 heteroatoms. The van der Waals surface area contributed by atoms with Gasteiger partial charge in [-0.15, -0.1) is 0 Å². The van der Waals surface area contributed by atoms with E-state index >= 15 is 0 Å². The van der Waals surface area contributed by atoms with Crippen molar-refractivity contribution in [1.29, 1.82) is 0 Å². The molecule has 1 saturated carbocycles. The third kappa shape index (κ3) is 5.72. The van der Waals surface area contributed by atoms with Gasteiger partial charge in [-0.1, -0.05) is 31.0 Å². The fourth-order valence-electron chi connectivity index (χ4n) is 4.43. The summed E-state index contributed by atoms with van der Waals surface area (Å²) in [5.41, 5.74) is 11.6. The number of nitrogens with zero attached hydrogens (tertiary/aromatic N) is 2. The van der Waals surface area contributed by atoms with E-state index in [1.807, 2.05) is 6.92 Å². The Hall–Kier alpha value is -3.99. The molecule has 0 aliphatic heterocycles. The highest BCUT2D eigenvalue weighted by molar-refractivity contribution is 7.09. The maximum atomic E-state index is 14.4. The summed E-state index contributed by atoms with van der Waals surface area (Å²) in [6.07, 6.45) is 3.66. The second-order valence-electron chi connectivity index (χ2n) is 8.69. The quantitative estimate of drug-likeness (QED) is 0.388. The van der Waals surface area contributed by atoms with Crippen LogP contribution < -0.4 is 26.4 Å². The molecule has 0 spiro atoms. The summed E-state index contributed by atoms with van der Waals surface area (Å²) in [5.74, 6) is -2.01. The Kier molecular flexibility index (Phi) is 8.02. The Morgan fingerprint density at radius 1 is 1.19 bits per heavy atom. The first-order valence-corrected chi connectivity index (χ1v) is 12.7. The minimum absolute atomic E-state index is 0.0305. The number of ether oxygens (including phenoxy) is 1. The standard InChI is InChI=1S/C26H28FN5O4S/c1-2-36-19-12-10-15(11-13-19)22(25(34)30-17-7-3-4-8-17)32(18-9-5-6-16(27)14-18)26(35)23-20(28)21(24(29)33)31-37-23/h5-6,9-14,17,22H,2-4,7-8,28H2,1H3,(H2,29,33)(H,30,34)/t22-/m1/s1. The number of halogens is 1. The van der Waals surface area contributed by atoms with E-state index in [0.717, 1.165) is 31.7 Å². The smallest absolute Gasteiger partial charge is 0.273 e. The zero-order chi connectivity index (χ0) is 26.5. The molecule has 3 aromatic rings. The lowest BCUT2D eigenvalue weighted by Crippen LogP contribution is -2.46. The number of rotatable bonds is 9. The van der Waals surface area contributed by atoms with Crippen molar-refractivity contribution in [2.45, 2.75) is 44.7 Å². The van der Waals surface area contributed by atoms with E-state index in [1.165, 1.54) is 23.1 Å². The van der Waals surface area contributed by atoms with Gasteiger partial charge in [-0.05, 0) is 67.2 Å². The summed E-state index contributed by atoms with van der Waals surface area (Å²) in [7, 11) is 0. The van der Waals surface area contributed by atoms with Crippen LogP contribution in [-0.2, 0) is 4.79 Å². The third-order valence-electron chi connectivity index (χ3n) is 6.18. The molecule has 1 fully saturated rings. The third-order valence-corrected chi connectivity index (χ3v) is 7.03. The van der Waals surface area contributed by atoms with Gasteiger partial charge in [0.15, 0.2) is 5.69 Å². The van der Waals surface area contributed by atoms with Crippen molar-refractivity contribution in [3.63, 3.8) is 0 Å². The number of aromatic nitrogens is 1. The molecule has 1 heterocycles. The van der Waals surface area contributed by atoms with Gasteiger partial charge in [0.1, 0.15) is 22.5 Å². The topological polar surface area (TPSA) is 141 Å². The van der Waals surface area contributed by atoms with Crippen LogP contribution in [0.3, 0.4) is 0 Å². The highest BCUT2D eigenvalue weighted by Crippen LogP contribution is 2.34. The van der Waals surface area contributed by atoms with E-state index in [1.54, 1.807) is 24.3 Å². The number of benzene rings is 2. The van der Waals surface area contributed by atoms with Crippen LogP contribution in [-0.4, -0.2) is 34.7 Å². The van der Waals surface area contributed by atoms with Gasteiger partial charge in [-0.2, -0.15) is 4.37 Å². The molecule has 0 saturated heterocycles. The number of carbonyl (C=O) groups excluding carboxylic acids is 3. The number of primary amides is 1. The molecule has 1 aliphatic rings. The molecule has 37 heavy (non-hydrogen) atoms. The maximum absolute atomic E-state index is 14.4. The Bertz CT molecular complexity index is 1290. The van der Waals surface area contributed by atoms with E-state index in [-0.39, 0.29) is 28.0 Å². The van der Waals surface area contributed by atoms with Crippen LogP contribution >= 0.6 is 11.5 Å². The summed E-state index contributed by atoms with van der Waals surface area (Å²) in [4.78, 5) is 40.6. The molecule has 0 bridgehead atoms. The van der Waals surface area contributed by atoms with Crippen molar-refractivity contribution in [2.75, 3.05) is 17.2 Å². The number of anilines is 2. The highest BCUT2D eigenvalue weighted by atomic mass is 32.1. The van der Waals surface area contributed by atoms with Crippen molar-refractivity contribution in [1.82, 2.24) is 9.69 Å². The molecule has 3 amide bonds. The van der Waals surface area contributed by atoms with Gasteiger partial charge in [0.25, 0.3) is 11.8 Å². The van der Waals surface area contributed by atoms with Gasteiger partial charge < -0.3 is 21.5 Å². The van der Waals surface area contributed by atoms with Gasteiger partial charge in [-0.3, -0.25) is 19.3 Å². The number of carbonyl (C=O) groups is 3. The lowest BCUT2D eigenvalue weighted by Gasteiger charge is -2.32. The SMILES string of the molecule is CCOc1ccc([C@H](C(=O)NC2CCCC2)N(C(=O)c2snc(C(N)=O)c2N)c2cccc(F)c2)cc1. The monoisotopic (exact) mass is 525 g/mol. The molecule has 0 unspecified atom stereocenters. The van der Waals surface area contributed by atoms with Crippen molar-refractivity contribution >= 4 is 40.6 Å². The van der Waals surface area contributed by atoms with Crippen LogP contribution in [0.2, 0.25) is 0 Å². The van der Waals surface area contributed by atoms with Crippen LogP contribution in [0.25, 0.3) is 0 Å². The molecular formula is C26H28FN5O4S. The molecule has 1 atom stereocenters. The summed E-state index contributed by atoms with van der Waals surface area (Å²) in [5, 5.41) is 3.05. The van der Waals surface area contributed by atoms with Gasteiger partial charge in [0.05, 0.1) is 12.3 Å². The Morgan fingerprint density at radius 2 is 1.89 bits per heavy atom. The van der Waals surface area contributed by atoms with Crippen LogP contribution in [0.15, 0.2) is 48.5 Å². The lowest BCUT2D eigenvalue weighted by molar-refractivity contribution is -0.123. The minimum Gasteiger partial charge on any atom is -0.494 e. The van der Waals surface area contributed by atoms with Crippen LogP contribution in [0.5, 0.6) is 5.75 Å². The second kappa shape index (κ2) is 11.4. The summed E-state index contributed by atoms with van der Waals surface area (Å²) in [6.45, 7) is 2.32. The Labute approximate surface area is 217 Å². The van der Waals surface area contributed by atoms with Crippen LogP contribution in [0.1, 0.15) is 64.4 Å². The first-order chi connectivity index (χ1) is 17.8. The van der Waals surface area contributed by atoms with Crippen molar-refractivity contribution in [2.24, 2.45) is 5.73 Å². The number of hydrogen-bond donors (Lipinski definition) is 3. The zero-order valence-electron chi connectivity index (χ0n) is 20.3. The molecule has 194 valence electrons. The van der Waals surface area contributed by atoms with Crippen molar-refractivity contribution in [3.8, 4) is 5.75 Å². The largest absolute Gasteiger partial charge is 0.494 e. The normalized spacial score (nSPS) is 14.2. The van der Waals surface area contributed by atoms with Crippen molar-refractivity contribution in [3.05, 3.63) is 70.5 Å². The van der Waals surface area contributed by atoms with E-state index in [9.17, 15) is 18.8 Å². The molecule has 5 N–H and O–H groups in total. The predicted molar refractivity (Wildman–Crippen MR) is 139 cm³/mol. The fourth-order valence-corrected chi connectivity index (χ4v) is 5.17. The number of amides is 3. The first-order valence-electron chi connectivity index (χ1n) is 12.0. The minimum atomic E-state index is -1.18. The van der Waals surface area contributed by atoms with Gasteiger partial charge >= 0.3 is 0 Å². The molecular weight excluding hydrogens is 497 g/mol. The van der Waals surface area contributed by atoms with E-state index in [0.29, 0.717) is 29.5 Å². The second-order valence-corrected chi connectivity index (χ2v) is 9.46. The first kappa shape index (κ1) is 26.1. The van der Waals surface area contributed by atoms with Gasteiger partial charge in [-0.25, -0.2) is 4.39 Å². The number of hydrogen-bond acceptors (Lipinski definition) is 7. The fraction of sp³-hybridized carbons (Fsp3) is 0.308. The number of nitrogens with one attached hydrogen (secondary N) is 1. The predicted octanol–water partition coefficient (Wildman–Crippen LogP) is 3.81. The van der Waals surface area contributed by atoms with Crippen LogP contribution in [0, 0.1) is 5.82 Å². The zero-order valence-corrected chi connectivity index (χ0v) is 21.1. The summed E-state index contributed by atoms with van der Waals surface area (Å²) in [6, 6.07) is 10.9. The lowest BCUT2D eigenvalue weighted by atomic mass is 10.0. The Morgan fingerprint density at radius 3 is 2.49 bits per heavy atom. The molecule has 4 rings (SSSR count). The van der Waals surface area contributed by atoms with Gasteiger partial charge in [0, 0.05) is 11.7 Å². The summed E-state index contributed by atoms with van der Waals surface area (Å²) < 4.78 is 23.8. The molecule has 2 aromatic carbocycles. The van der Waals surface area contributed by atoms with E-state index < -0.39 is 29.6 Å². The van der Waals surface area contributed by atoms with Crippen molar-refractivity contribution < 1.29 is 23.5 Å². The Balaban J connectivity index is 1.84. The highest BCUT2D eigenvalue weighted by Gasteiger charge is 2.37. The van der Waals surface area contributed by atoms with E-state index in [4.69, 9.17) is 16.2 Å². The van der Waals surface area contributed by atoms with E-state index in [2.05, 4.69) is 9.69 Å². The number of nitrogen functional groups attached to an aromatic ring is 1. The molecule has 0 radical (unpaired) electrons. The van der Waals surface area contributed by atoms with Crippen LogP contribution in [0.4, 0.5) is 15.8 Å². The molecule has 1 aliphatic carbocycles. The average Bonchev–Trinajstić information content (AvgIpc) is 3.52.